The molecule has 6 heteroatoms. The summed E-state index contributed by atoms with van der Waals surface area (Å²) in [5.41, 5.74) is 1.51. The van der Waals surface area contributed by atoms with E-state index in [1.54, 1.807) is 29.2 Å². The van der Waals surface area contributed by atoms with Gasteiger partial charge in [0.25, 0.3) is 11.7 Å². The van der Waals surface area contributed by atoms with Crippen molar-refractivity contribution in [2.24, 2.45) is 0 Å². The molecule has 182 valence electrons. The predicted octanol–water partition coefficient (Wildman–Crippen LogP) is 6.16. The molecule has 1 heterocycles. The van der Waals surface area contributed by atoms with Gasteiger partial charge in [0.15, 0.2) is 0 Å². The summed E-state index contributed by atoms with van der Waals surface area (Å²) in [5.74, 6) is -1.29. The molecule has 5 nitrogen and oxygen atoms in total. The monoisotopic (exact) mass is 526 g/mol. The first-order chi connectivity index (χ1) is 16.5. The van der Waals surface area contributed by atoms with Crippen LogP contribution in [0.1, 0.15) is 63.1 Å². The van der Waals surface area contributed by atoms with Crippen molar-refractivity contribution in [3.8, 4) is 0 Å². The minimum absolute atomic E-state index is 0.123. The van der Waals surface area contributed by atoms with E-state index in [1.165, 1.54) is 0 Å². The van der Waals surface area contributed by atoms with E-state index >= 15 is 0 Å². The summed E-state index contributed by atoms with van der Waals surface area (Å²) >= 11 is 3.46. The van der Waals surface area contributed by atoms with Gasteiger partial charge in [-0.05, 0) is 56.6 Å². The van der Waals surface area contributed by atoms with Crippen molar-refractivity contribution in [2.75, 3.05) is 26.2 Å². The van der Waals surface area contributed by atoms with Crippen molar-refractivity contribution in [2.45, 2.75) is 52.0 Å². The summed E-state index contributed by atoms with van der Waals surface area (Å²) in [7, 11) is 0. The molecule has 1 fully saturated rings. The second-order valence-corrected chi connectivity index (χ2v) is 9.73. The minimum atomic E-state index is -0.622. The highest BCUT2D eigenvalue weighted by Gasteiger charge is 2.45. The number of halogens is 1. The third-order valence-electron chi connectivity index (χ3n) is 6.30. The molecule has 0 unspecified atom stereocenters. The molecule has 1 atom stereocenters. The van der Waals surface area contributed by atoms with E-state index in [0.29, 0.717) is 12.1 Å². The lowest BCUT2D eigenvalue weighted by Crippen LogP contribution is -2.34. The molecule has 1 amide bonds. The maximum absolute atomic E-state index is 13.1. The number of Topliss-reactive ketones (excluding diaryl/α,β-unsaturated/α-hetero) is 1. The molecule has 2 aromatic carbocycles. The topological polar surface area (TPSA) is 60.9 Å². The maximum Gasteiger partial charge on any atom is 0.295 e. The van der Waals surface area contributed by atoms with Crippen LogP contribution in [0.25, 0.3) is 5.76 Å². The van der Waals surface area contributed by atoms with Gasteiger partial charge in [-0.2, -0.15) is 0 Å². The Labute approximate surface area is 211 Å². The third kappa shape index (κ3) is 6.36. The number of benzene rings is 2. The summed E-state index contributed by atoms with van der Waals surface area (Å²) < 4.78 is 0.916. The molecule has 0 spiro atoms. The molecule has 3 rings (SSSR count). The number of hydrogen-bond donors (Lipinski definition) is 1. The first kappa shape index (κ1) is 26.2. The molecule has 1 saturated heterocycles. The van der Waals surface area contributed by atoms with E-state index in [4.69, 9.17) is 0 Å². The number of amides is 1. The van der Waals surface area contributed by atoms with Crippen molar-refractivity contribution in [3.63, 3.8) is 0 Å². The third-order valence-corrected chi connectivity index (χ3v) is 6.83. The van der Waals surface area contributed by atoms with Crippen molar-refractivity contribution in [3.05, 3.63) is 75.8 Å². The van der Waals surface area contributed by atoms with Crippen molar-refractivity contribution in [1.82, 2.24) is 9.80 Å². The molecule has 1 N–H and O–H groups in total. The maximum atomic E-state index is 13.1. The molecule has 0 radical (unpaired) electrons. The Morgan fingerprint density at radius 3 is 2.09 bits per heavy atom. The molecular weight excluding hydrogens is 492 g/mol. The Morgan fingerprint density at radius 1 is 0.912 bits per heavy atom. The summed E-state index contributed by atoms with van der Waals surface area (Å²) in [6.45, 7) is 7.85. The average molecular weight is 528 g/mol. The Hall–Kier alpha value is -2.44. The van der Waals surface area contributed by atoms with E-state index in [1.807, 2.05) is 30.3 Å². The van der Waals surface area contributed by atoms with Gasteiger partial charge in [-0.15, -0.1) is 0 Å². The molecule has 0 aromatic heterocycles. The standard InChI is InChI=1S/C28H35BrN2O3/c1-3-5-17-30(18-6-4-2)19-10-20-31-25(21-13-15-23(29)16-14-21)24(27(33)28(31)34)26(32)22-11-8-7-9-12-22/h7-9,11-16,25,32H,3-6,10,17-20H2,1-2H3/t25-/m0/s1. The average Bonchev–Trinajstić information content (AvgIpc) is 3.11. The molecule has 2 aromatic rings. The second kappa shape index (κ2) is 12.9. The lowest BCUT2D eigenvalue weighted by Gasteiger charge is -2.27. The number of ketones is 1. The summed E-state index contributed by atoms with van der Waals surface area (Å²) in [6, 6.07) is 16.0. The summed E-state index contributed by atoms with van der Waals surface area (Å²) in [4.78, 5) is 30.4. The highest BCUT2D eigenvalue weighted by molar-refractivity contribution is 9.10. The quantitative estimate of drug-likeness (QED) is 0.204. The first-order valence-corrected chi connectivity index (χ1v) is 13.1. The van der Waals surface area contributed by atoms with Crippen LogP contribution < -0.4 is 0 Å². The highest BCUT2D eigenvalue weighted by Crippen LogP contribution is 2.39. The molecule has 34 heavy (non-hydrogen) atoms. The number of likely N-dealkylation sites (tertiary alicyclic amines) is 1. The second-order valence-electron chi connectivity index (χ2n) is 8.81. The lowest BCUT2D eigenvalue weighted by molar-refractivity contribution is -0.140. The van der Waals surface area contributed by atoms with E-state index in [2.05, 4.69) is 34.7 Å². The van der Waals surface area contributed by atoms with Crippen molar-refractivity contribution in [1.29, 1.82) is 0 Å². The first-order valence-electron chi connectivity index (χ1n) is 12.3. The summed E-state index contributed by atoms with van der Waals surface area (Å²) in [6.07, 6.45) is 5.40. The molecule has 0 aliphatic carbocycles. The van der Waals surface area contributed by atoms with Crippen LogP contribution in [0.4, 0.5) is 0 Å². The summed E-state index contributed by atoms with van der Waals surface area (Å²) in [5, 5.41) is 11.1. The zero-order valence-corrected chi connectivity index (χ0v) is 21.8. The van der Waals surface area contributed by atoms with Gasteiger partial charge in [0, 0.05) is 16.6 Å². The fraction of sp³-hybridized carbons (Fsp3) is 0.429. The Kier molecular flexibility index (Phi) is 9.90. The Balaban J connectivity index is 1.88. The van der Waals surface area contributed by atoms with Crippen LogP contribution in [0, 0.1) is 0 Å². The normalized spacial score (nSPS) is 17.6. The van der Waals surface area contributed by atoms with E-state index < -0.39 is 17.7 Å². The number of aliphatic hydroxyl groups is 1. The molecule has 1 aliphatic heterocycles. The van der Waals surface area contributed by atoms with Crippen LogP contribution in [0.2, 0.25) is 0 Å². The number of unbranched alkanes of at least 4 members (excludes halogenated alkanes) is 2. The van der Waals surface area contributed by atoms with Gasteiger partial charge in [-0.3, -0.25) is 9.59 Å². The van der Waals surface area contributed by atoms with Crippen LogP contribution in [-0.2, 0) is 9.59 Å². The smallest absolute Gasteiger partial charge is 0.295 e. The SMILES string of the molecule is CCCCN(CCCC)CCCN1C(=O)C(=O)C(=C(O)c2ccccc2)[C@@H]1c1ccc(Br)cc1. The van der Waals surface area contributed by atoms with E-state index in [-0.39, 0.29) is 11.3 Å². The highest BCUT2D eigenvalue weighted by atomic mass is 79.9. The zero-order valence-electron chi connectivity index (χ0n) is 20.2. The van der Waals surface area contributed by atoms with Gasteiger partial charge >= 0.3 is 0 Å². The Morgan fingerprint density at radius 2 is 1.50 bits per heavy atom. The van der Waals surface area contributed by atoms with Gasteiger partial charge in [-0.1, -0.05) is 85.1 Å². The number of aliphatic hydroxyl groups excluding tert-OH is 1. The number of hydrogen-bond acceptors (Lipinski definition) is 4. The van der Waals surface area contributed by atoms with Gasteiger partial charge < -0.3 is 14.9 Å². The van der Waals surface area contributed by atoms with Crippen LogP contribution in [0.15, 0.2) is 64.6 Å². The molecule has 0 saturated carbocycles. The molecular formula is C28H35BrN2O3. The largest absolute Gasteiger partial charge is 0.507 e. The van der Waals surface area contributed by atoms with Crippen LogP contribution in [0.5, 0.6) is 0 Å². The molecule has 0 bridgehead atoms. The van der Waals surface area contributed by atoms with Gasteiger partial charge in [0.05, 0.1) is 11.6 Å². The number of carbonyl (C=O) groups is 2. The molecule has 1 aliphatic rings. The van der Waals surface area contributed by atoms with E-state index in [9.17, 15) is 14.7 Å². The van der Waals surface area contributed by atoms with E-state index in [0.717, 1.165) is 61.8 Å². The fourth-order valence-electron chi connectivity index (χ4n) is 4.42. The van der Waals surface area contributed by atoms with Gasteiger partial charge in [-0.25, -0.2) is 0 Å². The minimum Gasteiger partial charge on any atom is -0.507 e. The van der Waals surface area contributed by atoms with Crippen LogP contribution in [-0.4, -0.2) is 52.8 Å². The predicted molar refractivity (Wildman–Crippen MR) is 140 cm³/mol. The lowest BCUT2D eigenvalue weighted by atomic mass is 9.95. The van der Waals surface area contributed by atoms with Crippen molar-refractivity contribution >= 4 is 33.4 Å². The number of rotatable bonds is 12. The number of carbonyl (C=O) groups excluding carboxylic acids is 2. The van der Waals surface area contributed by atoms with Gasteiger partial charge in [0.1, 0.15) is 5.76 Å². The zero-order chi connectivity index (χ0) is 24.5. The Bertz CT molecular complexity index is 980. The van der Waals surface area contributed by atoms with Crippen molar-refractivity contribution < 1.29 is 14.7 Å². The number of nitrogens with zero attached hydrogens (tertiary/aromatic N) is 2. The van der Waals surface area contributed by atoms with Gasteiger partial charge in [0.2, 0.25) is 0 Å². The fourth-order valence-corrected chi connectivity index (χ4v) is 4.68. The van der Waals surface area contributed by atoms with Crippen LogP contribution in [0.3, 0.4) is 0 Å². The van der Waals surface area contributed by atoms with Crippen LogP contribution >= 0.6 is 15.9 Å².